The summed E-state index contributed by atoms with van der Waals surface area (Å²) in [6.45, 7) is 0. The fourth-order valence-corrected chi connectivity index (χ4v) is 8.76. The quantitative estimate of drug-likeness (QED) is 0.266. The van der Waals surface area contributed by atoms with Crippen molar-refractivity contribution in [1.29, 1.82) is 0 Å². The lowest BCUT2D eigenvalue weighted by Gasteiger charge is -2.35. The molecular weight excluding hydrogens is 550 g/mol. The Bertz CT molecular complexity index is 1460. The Morgan fingerprint density at radius 3 is 1.92 bits per heavy atom. The number of rotatable bonds is 7. The normalized spacial score (nSPS) is 22.7. The van der Waals surface area contributed by atoms with E-state index in [1.807, 2.05) is 5.43 Å². The van der Waals surface area contributed by atoms with Crippen LogP contribution in [0.3, 0.4) is 0 Å². The second-order valence-corrected chi connectivity index (χ2v) is 12.0. The molecule has 17 heteroatoms. The largest absolute Gasteiger partial charge is 0.508 e. The molecule has 0 aromatic heterocycles. The number of esters is 2. The van der Waals surface area contributed by atoms with Gasteiger partial charge < -0.3 is 19.3 Å². The van der Waals surface area contributed by atoms with Gasteiger partial charge in [0.1, 0.15) is 17.2 Å². The highest BCUT2D eigenvalue weighted by atomic mass is 32.3. The molecular formula is C21H21N3O12S2. The summed E-state index contributed by atoms with van der Waals surface area (Å²) < 4.78 is 66.8. The maximum absolute atomic E-state index is 13.6. The molecule has 1 unspecified atom stereocenters. The number of benzene rings is 2. The zero-order valence-electron chi connectivity index (χ0n) is 19.9. The SMILES string of the molecule is COC(=O)[C@@H]1C(c2ccc(O)cc2)[C@H](C(=O)OC)S(=O)(=O)C(=NNc2ccc(OC)cc2[N+](=O)[O-])S1(=O)=O. The van der Waals surface area contributed by atoms with Crippen LogP contribution in [0.15, 0.2) is 47.6 Å². The van der Waals surface area contributed by atoms with Gasteiger partial charge in [-0.1, -0.05) is 12.1 Å². The smallest absolute Gasteiger partial charge is 0.325 e. The minimum atomic E-state index is -5.22. The Morgan fingerprint density at radius 2 is 1.47 bits per heavy atom. The van der Waals surface area contributed by atoms with Gasteiger partial charge in [0.05, 0.1) is 32.3 Å². The van der Waals surface area contributed by atoms with Crippen LogP contribution in [0.4, 0.5) is 11.4 Å². The Hall–Kier alpha value is -4.25. The Morgan fingerprint density at radius 1 is 0.947 bits per heavy atom. The van der Waals surface area contributed by atoms with Crippen molar-refractivity contribution in [3.05, 3.63) is 58.1 Å². The number of phenolic OH excluding ortho intramolecular Hbond substituents is 1. The maximum atomic E-state index is 13.6. The first-order valence-corrected chi connectivity index (χ1v) is 13.5. The number of anilines is 1. The monoisotopic (exact) mass is 571 g/mol. The number of hydrogen-bond donors (Lipinski definition) is 2. The third kappa shape index (κ3) is 4.97. The average Bonchev–Trinajstić information content (AvgIpc) is 2.87. The predicted octanol–water partition coefficient (Wildman–Crippen LogP) is 0.702. The van der Waals surface area contributed by atoms with E-state index in [9.17, 15) is 41.6 Å². The summed E-state index contributed by atoms with van der Waals surface area (Å²) >= 11 is 0. The van der Waals surface area contributed by atoms with Gasteiger partial charge in [0.25, 0.3) is 10.1 Å². The molecule has 3 rings (SSSR count). The van der Waals surface area contributed by atoms with Crippen molar-refractivity contribution in [3.8, 4) is 11.5 Å². The summed E-state index contributed by atoms with van der Waals surface area (Å²) in [6.07, 6.45) is 0. The molecule has 1 aliphatic rings. The standard InChI is InChI=1S/C21H21N3O12S2/c1-34-13-8-9-14(15(10-13)24(28)29)22-23-21-37(30,31)17(19(26)35-2)16(11-4-6-12(25)7-5-11)18(20(27)36-3)38(21,32)33/h4-10,16-18,22,25H,1-3H3/t16?,17-,18+. The second-order valence-electron chi connectivity index (χ2n) is 7.72. The van der Waals surface area contributed by atoms with Crippen molar-refractivity contribution in [2.24, 2.45) is 5.10 Å². The molecule has 1 aliphatic heterocycles. The molecule has 1 fully saturated rings. The van der Waals surface area contributed by atoms with Crippen molar-refractivity contribution in [2.75, 3.05) is 26.8 Å². The van der Waals surface area contributed by atoms with E-state index in [4.69, 9.17) is 4.74 Å². The number of methoxy groups -OCH3 is 3. The molecule has 0 radical (unpaired) electrons. The number of nitro groups is 1. The van der Waals surface area contributed by atoms with Crippen LogP contribution in [0.5, 0.6) is 11.5 Å². The molecule has 2 N–H and O–H groups in total. The van der Waals surface area contributed by atoms with Gasteiger partial charge in [-0.3, -0.25) is 25.1 Å². The van der Waals surface area contributed by atoms with Crippen LogP contribution in [0.2, 0.25) is 0 Å². The number of ether oxygens (including phenoxy) is 3. The van der Waals surface area contributed by atoms with Gasteiger partial charge in [0.2, 0.25) is 19.7 Å². The van der Waals surface area contributed by atoms with Crippen LogP contribution >= 0.6 is 0 Å². The highest BCUT2D eigenvalue weighted by Gasteiger charge is 2.63. The van der Waals surface area contributed by atoms with E-state index in [0.717, 1.165) is 50.6 Å². The molecule has 2 aromatic rings. The van der Waals surface area contributed by atoms with Gasteiger partial charge in [-0.25, -0.2) is 16.8 Å². The summed E-state index contributed by atoms with van der Waals surface area (Å²) in [5.41, 5.74) is 0.865. The van der Waals surface area contributed by atoms with Gasteiger partial charge >= 0.3 is 11.9 Å². The molecule has 0 aliphatic carbocycles. The van der Waals surface area contributed by atoms with Crippen LogP contribution in [-0.2, 0) is 38.7 Å². The molecule has 204 valence electrons. The number of nitro benzene ring substituents is 1. The number of hydrazone groups is 1. The van der Waals surface area contributed by atoms with Crippen molar-refractivity contribution in [2.45, 2.75) is 16.4 Å². The first kappa shape index (κ1) is 28.3. The summed E-state index contributed by atoms with van der Waals surface area (Å²) in [7, 11) is -7.48. The zero-order valence-corrected chi connectivity index (χ0v) is 21.6. The molecule has 0 amide bonds. The highest BCUT2D eigenvalue weighted by molar-refractivity contribution is 8.32. The van der Waals surface area contributed by atoms with E-state index in [1.54, 1.807) is 0 Å². The van der Waals surface area contributed by atoms with E-state index in [2.05, 4.69) is 14.6 Å². The lowest BCUT2D eigenvalue weighted by Crippen LogP contribution is -2.58. The molecule has 1 saturated heterocycles. The fourth-order valence-electron chi connectivity index (χ4n) is 3.87. The van der Waals surface area contributed by atoms with Gasteiger partial charge in [0, 0.05) is 5.92 Å². The third-order valence-corrected chi connectivity index (χ3v) is 10.5. The number of hydrogen-bond acceptors (Lipinski definition) is 14. The highest BCUT2D eigenvalue weighted by Crippen LogP contribution is 2.41. The Balaban J connectivity index is 2.28. The van der Waals surface area contributed by atoms with Gasteiger partial charge in [-0.05, 0) is 29.8 Å². The summed E-state index contributed by atoms with van der Waals surface area (Å²) in [4.78, 5) is 36.1. The second kappa shape index (κ2) is 10.6. The van der Waals surface area contributed by atoms with Crippen LogP contribution in [0, 0.1) is 10.1 Å². The lowest BCUT2D eigenvalue weighted by atomic mass is 9.91. The number of nitrogens with zero attached hydrogens (tertiary/aromatic N) is 2. The molecule has 3 atom stereocenters. The number of carbonyl (C=O) groups excluding carboxylic acids is 2. The summed E-state index contributed by atoms with van der Waals surface area (Å²) in [5.74, 6) is -4.86. The molecule has 0 spiro atoms. The van der Waals surface area contributed by atoms with Crippen molar-refractivity contribution >= 4 is 47.4 Å². The average molecular weight is 572 g/mol. The zero-order chi connectivity index (χ0) is 28.4. The molecule has 2 aromatic carbocycles. The van der Waals surface area contributed by atoms with Crippen LogP contribution in [-0.4, -0.2) is 75.0 Å². The number of phenols is 1. The maximum Gasteiger partial charge on any atom is 0.325 e. The number of sulfone groups is 2. The molecule has 1 heterocycles. The first-order valence-electron chi connectivity index (χ1n) is 10.4. The van der Waals surface area contributed by atoms with Crippen LogP contribution in [0.1, 0.15) is 11.5 Å². The van der Waals surface area contributed by atoms with E-state index < -0.39 is 68.7 Å². The number of aromatic hydroxyl groups is 1. The van der Waals surface area contributed by atoms with Crippen molar-refractivity contribution < 1.29 is 50.7 Å². The topological polar surface area (TPSA) is 218 Å². The van der Waals surface area contributed by atoms with Gasteiger partial charge in [-0.15, -0.1) is 0 Å². The van der Waals surface area contributed by atoms with Crippen LogP contribution in [0.25, 0.3) is 0 Å². The van der Waals surface area contributed by atoms with E-state index in [0.29, 0.717) is 0 Å². The summed E-state index contributed by atoms with van der Waals surface area (Å²) in [6, 6.07) is 7.79. The van der Waals surface area contributed by atoms with Crippen molar-refractivity contribution in [1.82, 2.24) is 0 Å². The third-order valence-electron chi connectivity index (χ3n) is 5.62. The molecule has 38 heavy (non-hydrogen) atoms. The number of nitrogens with one attached hydrogen (secondary N) is 1. The van der Waals surface area contributed by atoms with E-state index >= 15 is 0 Å². The van der Waals surface area contributed by atoms with Crippen LogP contribution < -0.4 is 10.2 Å². The van der Waals surface area contributed by atoms with Crippen molar-refractivity contribution in [3.63, 3.8) is 0 Å². The minimum Gasteiger partial charge on any atom is -0.508 e. The van der Waals surface area contributed by atoms with Gasteiger partial charge in [0.15, 0.2) is 10.5 Å². The molecule has 15 nitrogen and oxygen atoms in total. The first-order chi connectivity index (χ1) is 17.8. The van der Waals surface area contributed by atoms with Gasteiger partial charge in [-0.2, -0.15) is 5.10 Å². The molecule has 0 bridgehead atoms. The molecule has 0 saturated carbocycles. The minimum absolute atomic E-state index is 0.0704. The Labute approximate surface area is 216 Å². The van der Waals surface area contributed by atoms with E-state index in [1.165, 1.54) is 13.2 Å². The Kier molecular flexibility index (Phi) is 7.92. The number of carbonyl (C=O) groups is 2. The predicted molar refractivity (Wildman–Crippen MR) is 131 cm³/mol. The lowest BCUT2D eigenvalue weighted by molar-refractivity contribution is -0.384. The summed E-state index contributed by atoms with van der Waals surface area (Å²) in [5, 5.41) is 19.9. The fraction of sp³-hybridized carbons (Fsp3) is 0.286. The van der Waals surface area contributed by atoms with E-state index in [-0.39, 0.29) is 17.1 Å².